The maximum absolute atomic E-state index is 13.0. The minimum Gasteiger partial charge on any atom is -0.487 e. The van der Waals surface area contributed by atoms with Gasteiger partial charge < -0.3 is 23.7 Å². The van der Waals surface area contributed by atoms with Gasteiger partial charge in [0.2, 0.25) is 0 Å². The van der Waals surface area contributed by atoms with Crippen LogP contribution in [0, 0.1) is 5.92 Å². The predicted octanol–water partition coefficient (Wildman–Crippen LogP) is 2.75. The van der Waals surface area contributed by atoms with E-state index < -0.39 is 60.9 Å². The molecule has 0 bridgehead atoms. The molecule has 1 aliphatic rings. The Labute approximate surface area is 205 Å². The first-order valence-electron chi connectivity index (χ1n) is 12.6. The van der Waals surface area contributed by atoms with Crippen molar-refractivity contribution < 1.29 is 48.3 Å². The van der Waals surface area contributed by atoms with E-state index in [1.54, 1.807) is 20.8 Å². The number of ether oxygens (including phenoxy) is 5. The SMILES string of the molecule is [3H]C([3H])C([3H])([3H])c1ccc(OC2CN(C(=O)OC(C)(C)C)[C@H](C(=O)OC)[C@H]2CC(=O)OC)c(C(=O)OC)c1. The van der Waals surface area contributed by atoms with Gasteiger partial charge in [0, 0.05) is 11.4 Å². The van der Waals surface area contributed by atoms with Crippen LogP contribution in [0.15, 0.2) is 18.2 Å². The summed E-state index contributed by atoms with van der Waals surface area (Å²) in [4.78, 5) is 51.7. The zero-order chi connectivity index (χ0) is 29.0. The molecule has 1 aliphatic heterocycles. The number of methoxy groups -OCH3 is 3. The van der Waals surface area contributed by atoms with Gasteiger partial charge in [-0.25, -0.2) is 14.4 Å². The molecular formula is C24H33NO9. The van der Waals surface area contributed by atoms with Gasteiger partial charge in [-0.15, -0.1) is 0 Å². The van der Waals surface area contributed by atoms with Crippen LogP contribution in [0.25, 0.3) is 0 Å². The van der Waals surface area contributed by atoms with Gasteiger partial charge in [0.05, 0.1) is 34.3 Å². The first kappa shape index (κ1) is 21.2. The third-order valence-corrected chi connectivity index (χ3v) is 5.13. The second-order valence-electron chi connectivity index (χ2n) is 8.55. The summed E-state index contributed by atoms with van der Waals surface area (Å²) in [6.07, 6.45) is -4.63. The van der Waals surface area contributed by atoms with E-state index in [-0.39, 0.29) is 29.8 Å². The number of esters is 3. The van der Waals surface area contributed by atoms with Crippen LogP contribution in [0.5, 0.6) is 5.75 Å². The molecule has 0 N–H and O–H groups in total. The second-order valence-corrected chi connectivity index (χ2v) is 8.55. The molecule has 1 aromatic carbocycles. The molecule has 0 saturated carbocycles. The zero-order valence-corrected chi connectivity index (χ0v) is 20.1. The molecule has 0 spiro atoms. The van der Waals surface area contributed by atoms with Crippen LogP contribution >= 0.6 is 0 Å². The molecule has 1 fully saturated rings. The first-order chi connectivity index (χ1) is 17.6. The highest BCUT2D eigenvalue weighted by atomic mass is 16.6. The van der Waals surface area contributed by atoms with Gasteiger partial charge in [-0.3, -0.25) is 9.69 Å². The van der Waals surface area contributed by atoms with E-state index in [0.29, 0.717) is 0 Å². The highest BCUT2D eigenvalue weighted by Gasteiger charge is 2.52. The largest absolute Gasteiger partial charge is 0.487 e. The quantitative estimate of drug-likeness (QED) is 0.422. The van der Waals surface area contributed by atoms with Crippen molar-refractivity contribution in [3.63, 3.8) is 0 Å². The number of nitrogens with zero attached hydrogens (tertiary/aromatic N) is 1. The molecule has 10 nitrogen and oxygen atoms in total. The van der Waals surface area contributed by atoms with Crippen LogP contribution in [-0.4, -0.2) is 74.5 Å². The number of benzene rings is 1. The summed E-state index contributed by atoms with van der Waals surface area (Å²) >= 11 is 0. The van der Waals surface area contributed by atoms with Crippen LogP contribution in [0.4, 0.5) is 4.79 Å². The molecule has 1 heterocycles. The molecule has 1 unspecified atom stereocenters. The second kappa shape index (κ2) is 11.2. The number of hydrogen-bond acceptors (Lipinski definition) is 9. The average molecular weight is 488 g/mol. The minimum absolute atomic E-state index is 0.0857. The van der Waals surface area contributed by atoms with E-state index in [4.69, 9.17) is 29.2 Å². The number of carbonyl (C=O) groups excluding carboxylic acids is 4. The molecule has 0 radical (unpaired) electrons. The number of amides is 1. The summed E-state index contributed by atoms with van der Waals surface area (Å²) in [5.74, 6) is -3.44. The molecule has 0 aromatic heterocycles. The van der Waals surface area contributed by atoms with Crippen molar-refractivity contribution in [2.75, 3.05) is 27.9 Å². The monoisotopic (exact) mass is 487 g/mol. The van der Waals surface area contributed by atoms with Gasteiger partial charge >= 0.3 is 24.0 Å². The third-order valence-electron chi connectivity index (χ3n) is 5.13. The Morgan fingerprint density at radius 1 is 1.12 bits per heavy atom. The van der Waals surface area contributed by atoms with Gasteiger partial charge in [-0.2, -0.15) is 0 Å². The lowest BCUT2D eigenvalue weighted by molar-refractivity contribution is -0.149. The topological polar surface area (TPSA) is 118 Å². The van der Waals surface area contributed by atoms with Crippen molar-refractivity contribution in [2.24, 2.45) is 5.92 Å². The van der Waals surface area contributed by atoms with Gasteiger partial charge in [0.15, 0.2) is 0 Å². The first-order valence-corrected chi connectivity index (χ1v) is 10.5. The Kier molecular flexibility index (Phi) is 7.01. The van der Waals surface area contributed by atoms with Crippen molar-refractivity contribution >= 4 is 24.0 Å². The Balaban J connectivity index is 2.57. The van der Waals surface area contributed by atoms with Crippen LogP contribution in [-0.2, 0) is 34.9 Å². The zero-order valence-electron chi connectivity index (χ0n) is 24.1. The highest BCUT2D eigenvalue weighted by Crippen LogP contribution is 2.35. The molecule has 0 aliphatic carbocycles. The fraction of sp³-hybridized carbons (Fsp3) is 0.583. The molecule has 1 aromatic rings. The standard InChI is InChI=1S/C24H33NO9/c1-8-14-9-10-17(16(11-14)21(27)31-6)33-18-13-25(23(29)34-24(2,3)4)20(22(28)32-7)15(18)12-19(26)30-5/h9-11,15,18,20H,8,12-13H2,1-7H3/t15-,18?,20-/m0/s1/i1T2,8T2. The van der Waals surface area contributed by atoms with Crippen molar-refractivity contribution in [3.8, 4) is 5.75 Å². The van der Waals surface area contributed by atoms with Gasteiger partial charge in [-0.05, 0) is 44.8 Å². The van der Waals surface area contributed by atoms with Crippen molar-refractivity contribution in [2.45, 2.75) is 58.2 Å². The third kappa shape index (κ3) is 6.39. The number of rotatable bonds is 7. The van der Waals surface area contributed by atoms with Gasteiger partial charge in [0.1, 0.15) is 29.1 Å². The van der Waals surface area contributed by atoms with Gasteiger partial charge in [-0.1, -0.05) is 12.9 Å². The summed E-state index contributed by atoms with van der Waals surface area (Å²) in [6.45, 7) is 2.84. The molecule has 188 valence electrons. The van der Waals surface area contributed by atoms with Crippen LogP contribution in [0.3, 0.4) is 0 Å². The summed E-state index contributed by atoms with van der Waals surface area (Å²) in [5, 5.41) is 0. The smallest absolute Gasteiger partial charge is 0.411 e. The van der Waals surface area contributed by atoms with Crippen molar-refractivity contribution in [3.05, 3.63) is 29.3 Å². The van der Waals surface area contributed by atoms with E-state index in [1.165, 1.54) is 19.2 Å². The Morgan fingerprint density at radius 3 is 2.38 bits per heavy atom. The van der Waals surface area contributed by atoms with Gasteiger partial charge in [0.25, 0.3) is 0 Å². The molecule has 1 saturated heterocycles. The lowest BCUT2D eigenvalue weighted by Crippen LogP contribution is -2.46. The van der Waals surface area contributed by atoms with Crippen molar-refractivity contribution in [1.82, 2.24) is 4.90 Å². The number of likely N-dealkylation sites (tertiary alicyclic amines) is 1. The molecule has 10 heteroatoms. The van der Waals surface area contributed by atoms with Crippen LogP contribution in [0.2, 0.25) is 0 Å². The van der Waals surface area contributed by atoms with Crippen LogP contribution in [0.1, 0.15) is 55.5 Å². The van der Waals surface area contributed by atoms with E-state index in [9.17, 15) is 19.2 Å². The Hall–Kier alpha value is -3.30. The number of hydrogen-bond donors (Lipinski definition) is 0. The van der Waals surface area contributed by atoms with E-state index >= 15 is 0 Å². The summed E-state index contributed by atoms with van der Waals surface area (Å²) in [5.41, 5.74) is -1.23. The normalized spacial score (nSPS) is 22.1. The average Bonchev–Trinajstić information content (AvgIpc) is 3.19. The Bertz CT molecular complexity index is 1060. The minimum atomic E-state index is -2.41. The molecule has 3 atom stereocenters. The Morgan fingerprint density at radius 2 is 1.82 bits per heavy atom. The summed E-state index contributed by atoms with van der Waals surface area (Å²) in [7, 11) is 3.41. The van der Waals surface area contributed by atoms with E-state index in [2.05, 4.69) is 0 Å². The highest BCUT2D eigenvalue weighted by molar-refractivity contribution is 5.92. The predicted molar refractivity (Wildman–Crippen MR) is 120 cm³/mol. The lowest BCUT2D eigenvalue weighted by Gasteiger charge is -2.28. The molecular weight excluding hydrogens is 446 g/mol. The van der Waals surface area contributed by atoms with Crippen LogP contribution < -0.4 is 4.74 Å². The number of aryl methyl sites for hydroxylation is 1. The lowest BCUT2D eigenvalue weighted by atomic mass is 9.94. The number of carbonyl (C=O) groups is 4. The fourth-order valence-electron chi connectivity index (χ4n) is 3.61. The fourth-order valence-corrected chi connectivity index (χ4v) is 3.61. The molecule has 1 amide bonds. The maximum Gasteiger partial charge on any atom is 0.411 e. The van der Waals surface area contributed by atoms with E-state index in [0.717, 1.165) is 25.2 Å². The maximum atomic E-state index is 13.0. The summed E-state index contributed by atoms with van der Waals surface area (Å²) in [6, 6.07) is 2.36. The van der Waals surface area contributed by atoms with E-state index in [1.807, 2.05) is 0 Å². The molecule has 34 heavy (non-hydrogen) atoms. The van der Waals surface area contributed by atoms with Crippen molar-refractivity contribution in [1.29, 1.82) is 0 Å². The summed E-state index contributed by atoms with van der Waals surface area (Å²) < 4.78 is 57.0. The molecule has 2 rings (SSSR count).